The van der Waals surface area contributed by atoms with Crippen LogP contribution in [0.15, 0.2) is 243 Å². The molecule has 0 amide bonds. The van der Waals surface area contributed by atoms with Crippen LogP contribution in [0.25, 0.3) is 144 Å². The zero-order valence-electron chi connectivity index (χ0n) is 70.5. The molecule has 0 heteroatoms. The second kappa shape index (κ2) is 25.8. The highest BCUT2D eigenvalue weighted by atomic mass is 14.5. The van der Waals surface area contributed by atoms with E-state index in [1.807, 2.05) is 0 Å². The first kappa shape index (κ1) is 72.3. The number of fused-ring (bicyclic) bond motifs is 25. The summed E-state index contributed by atoms with van der Waals surface area (Å²) in [4.78, 5) is 0. The van der Waals surface area contributed by atoms with E-state index in [-0.39, 0.29) is 37.9 Å². The topological polar surface area (TPSA) is 0 Å². The number of unbranched alkanes of at least 4 members (excludes halogenated alkanes) is 10. The summed E-state index contributed by atoms with van der Waals surface area (Å²) in [7, 11) is 0. The van der Waals surface area contributed by atoms with Gasteiger partial charge in [-0.3, -0.25) is 0 Å². The van der Waals surface area contributed by atoms with Crippen molar-refractivity contribution in [2.24, 2.45) is 0 Å². The molecule has 7 aliphatic carbocycles. The van der Waals surface area contributed by atoms with E-state index in [0.717, 1.165) is 0 Å². The van der Waals surface area contributed by atoms with Gasteiger partial charge in [0.1, 0.15) is 0 Å². The average Bonchev–Trinajstić information content (AvgIpc) is 1.51. The molecule has 0 aliphatic heterocycles. The van der Waals surface area contributed by atoms with Gasteiger partial charge >= 0.3 is 0 Å². The van der Waals surface area contributed by atoms with Crippen molar-refractivity contribution < 1.29 is 0 Å². The lowest BCUT2D eigenvalue weighted by molar-refractivity contribution is 0.398. The van der Waals surface area contributed by atoms with Gasteiger partial charge < -0.3 is 0 Å². The van der Waals surface area contributed by atoms with Crippen molar-refractivity contribution in [3.8, 4) is 122 Å². The van der Waals surface area contributed by atoms with Crippen molar-refractivity contribution in [1.29, 1.82) is 0 Å². The molecule has 0 atom stereocenters. The normalized spacial score (nSPS) is 16.7. The molecule has 21 rings (SSSR count). The summed E-state index contributed by atoms with van der Waals surface area (Å²) < 4.78 is 0. The van der Waals surface area contributed by atoms with Gasteiger partial charge in [0, 0.05) is 37.9 Å². The first-order chi connectivity index (χ1) is 55.5. The molecule has 0 N–H and O–H groups in total. The van der Waals surface area contributed by atoms with E-state index in [1.54, 1.807) is 11.1 Å². The first-order valence-electron chi connectivity index (χ1n) is 44.1. The largest absolute Gasteiger partial charge is 0.0654 e. The van der Waals surface area contributed by atoms with Gasteiger partial charge in [-0.05, 0) is 307 Å². The Labute approximate surface area is 684 Å². The summed E-state index contributed by atoms with van der Waals surface area (Å²) in [5.41, 5.74) is 49.3. The van der Waals surface area contributed by atoms with Crippen LogP contribution >= 0.6 is 0 Å². The molecule has 0 saturated heterocycles. The highest BCUT2D eigenvalue weighted by Crippen LogP contribution is 2.65. The van der Waals surface area contributed by atoms with Gasteiger partial charge in [-0.15, -0.1) is 0 Å². The molecule has 0 fully saturated rings. The van der Waals surface area contributed by atoms with E-state index in [1.165, 1.54) is 301 Å². The number of rotatable bonds is 18. The van der Waals surface area contributed by atoms with E-state index in [9.17, 15) is 0 Å². The van der Waals surface area contributed by atoms with Crippen LogP contribution in [-0.2, 0) is 37.9 Å². The fourth-order valence-corrected chi connectivity index (χ4v) is 24.1. The van der Waals surface area contributed by atoms with Crippen molar-refractivity contribution >= 4 is 21.5 Å². The van der Waals surface area contributed by atoms with Crippen molar-refractivity contribution in [3.05, 3.63) is 321 Å². The Morgan fingerprint density at radius 2 is 0.417 bits per heavy atom. The molecule has 570 valence electrons. The Balaban J connectivity index is 0.662. The number of benzene rings is 14. The van der Waals surface area contributed by atoms with Crippen LogP contribution in [0.1, 0.15) is 265 Å². The van der Waals surface area contributed by atoms with Gasteiger partial charge in [0.2, 0.25) is 0 Å². The second-order valence-corrected chi connectivity index (χ2v) is 39.2. The van der Waals surface area contributed by atoms with Crippen LogP contribution in [0.3, 0.4) is 0 Å². The second-order valence-electron chi connectivity index (χ2n) is 39.2. The summed E-state index contributed by atoms with van der Waals surface area (Å²) in [6, 6.07) is 97.5. The lowest BCUT2D eigenvalue weighted by Crippen LogP contribution is -2.26. The van der Waals surface area contributed by atoms with Crippen LogP contribution in [0.4, 0.5) is 0 Å². The van der Waals surface area contributed by atoms with Crippen LogP contribution in [-0.4, -0.2) is 0 Å². The lowest BCUT2D eigenvalue weighted by Gasteiger charge is -2.34. The number of hydrogen-bond acceptors (Lipinski definition) is 0. The third-order valence-corrected chi connectivity index (χ3v) is 30.7. The Hall–Kier alpha value is -10.4. The lowest BCUT2D eigenvalue weighted by atomic mass is 9.69. The molecule has 0 heterocycles. The molecule has 0 nitrogen and oxygen atoms in total. The van der Waals surface area contributed by atoms with Gasteiger partial charge in [-0.25, -0.2) is 0 Å². The molecular formula is C115H110. The van der Waals surface area contributed by atoms with Gasteiger partial charge in [-0.2, -0.15) is 0 Å². The van der Waals surface area contributed by atoms with E-state index in [2.05, 4.69) is 340 Å². The van der Waals surface area contributed by atoms with Gasteiger partial charge in [0.05, 0.1) is 0 Å². The SMILES string of the molecule is CCCCCCCCC1(CCCCCCCC)c2cc3c(cc2-c2cc4c(cc21)-c1c(cc(-c2ccc5c(c2)C(C)(C)c2cc(-c6ccc7c(c6)C(C)(C)c6ccccc6-7)ccc2-5)c2ccccc12)C4(C)C)C(C)(C)c1cc(-c2ccc4c(c2)C(C)(C)c2cc(-c5ccc6c(c5)C(C)(C)c5ccccc5-6)ccc2-4)c2ccccc2c1-3. The molecular weight excluding hydrogens is 1380 g/mol. The Bertz CT molecular complexity index is 6100. The maximum absolute atomic E-state index is 2.82. The summed E-state index contributed by atoms with van der Waals surface area (Å²) in [5, 5.41) is 5.42. The molecule has 0 aromatic heterocycles. The average molecular weight is 1490 g/mol. The van der Waals surface area contributed by atoms with E-state index < -0.39 is 0 Å². The predicted molar refractivity (Wildman–Crippen MR) is 491 cm³/mol. The smallest absolute Gasteiger partial charge is 0.0215 e. The molecule has 0 saturated carbocycles. The van der Waals surface area contributed by atoms with Crippen molar-refractivity contribution in [3.63, 3.8) is 0 Å². The maximum atomic E-state index is 2.82. The first-order valence-corrected chi connectivity index (χ1v) is 44.1. The third-order valence-electron chi connectivity index (χ3n) is 30.7. The molecule has 14 aromatic carbocycles. The minimum absolute atomic E-state index is 0.0528. The van der Waals surface area contributed by atoms with Crippen LogP contribution in [0, 0.1) is 0 Å². The fourth-order valence-electron chi connectivity index (χ4n) is 24.1. The summed E-state index contributed by atoms with van der Waals surface area (Å²) in [6.45, 7) is 34.4. The van der Waals surface area contributed by atoms with Gasteiger partial charge in [-0.1, -0.05) is 344 Å². The third kappa shape index (κ3) is 10.3. The Morgan fingerprint density at radius 3 is 0.765 bits per heavy atom. The van der Waals surface area contributed by atoms with Crippen LogP contribution in [0.5, 0.6) is 0 Å². The van der Waals surface area contributed by atoms with Gasteiger partial charge in [0.25, 0.3) is 0 Å². The summed E-state index contributed by atoms with van der Waals surface area (Å²) in [5.74, 6) is 0. The summed E-state index contributed by atoms with van der Waals surface area (Å²) >= 11 is 0. The molecule has 115 heavy (non-hydrogen) atoms. The highest BCUT2D eigenvalue weighted by molar-refractivity contribution is 6.12. The molecule has 0 spiro atoms. The quantitative estimate of drug-likeness (QED) is 0.0751. The monoisotopic (exact) mass is 1490 g/mol. The molecule has 0 bridgehead atoms. The van der Waals surface area contributed by atoms with Crippen LogP contribution < -0.4 is 0 Å². The fraction of sp³-hybridized carbons (Fsp3) is 0.304. The van der Waals surface area contributed by atoms with E-state index in [0.29, 0.717) is 0 Å². The van der Waals surface area contributed by atoms with E-state index in [4.69, 9.17) is 0 Å². The molecule has 0 radical (unpaired) electrons. The zero-order chi connectivity index (χ0) is 78.8. The van der Waals surface area contributed by atoms with Crippen molar-refractivity contribution in [2.75, 3.05) is 0 Å². The number of hydrogen-bond donors (Lipinski definition) is 0. The standard InChI is InChI=1S/C115H110/c1-15-17-19-21-23-33-55-115(56-34-24-22-20-18-16-2)103-67-91-101(113(11,12)105-63-87(75-35-25-27-39-85(75)107(91)105)73-47-53-83-81-51-45-71(59-97(81)111(7,8)99(83)61-73)69-43-49-79-77-37-29-31-41-93(77)109(3,4)95(79)57-69)65-89(103)90-66-102-92(68-104(90)115)108-86-40-28-26-36-76(86)88(64-106(108)114(102,13)14)74-48-54-84-82-52-46-72(60-98(82)112(9,10)100(84)62-74)70-44-50-80-78-38-30-32-42-94(78)110(5,6)96(80)58-70/h25-32,35-54,57-68H,15-24,33-34,55-56H2,1-14H3. The summed E-state index contributed by atoms with van der Waals surface area (Å²) in [6.07, 6.45) is 17.8. The zero-order valence-corrected chi connectivity index (χ0v) is 70.5. The minimum Gasteiger partial charge on any atom is -0.0654 e. The van der Waals surface area contributed by atoms with Crippen LogP contribution in [0.2, 0.25) is 0 Å². The minimum atomic E-state index is -0.269. The molecule has 7 aliphatic rings. The molecule has 0 unspecified atom stereocenters. The van der Waals surface area contributed by atoms with Gasteiger partial charge in [0.15, 0.2) is 0 Å². The van der Waals surface area contributed by atoms with E-state index >= 15 is 0 Å². The Morgan fingerprint density at radius 1 is 0.174 bits per heavy atom. The molecule has 14 aromatic rings. The highest BCUT2D eigenvalue weighted by Gasteiger charge is 2.50. The predicted octanol–water partition coefficient (Wildman–Crippen LogP) is 32.3. The maximum Gasteiger partial charge on any atom is 0.0215 e. The van der Waals surface area contributed by atoms with Crippen molar-refractivity contribution in [1.82, 2.24) is 0 Å². The van der Waals surface area contributed by atoms with Crippen molar-refractivity contribution in [2.45, 2.75) is 225 Å². The Kier molecular flexibility index (Phi) is 16.2.